The molecule has 0 atom stereocenters. The number of aromatic nitrogens is 3. The summed E-state index contributed by atoms with van der Waals surface area (Å²) in [4.78, 5) is 40.7. The summed E-state index contributed by atoms with van der Waals surface area (Å²) in [5, 5.41) is 2.42. The van der Waals surface area contributed by atoms with E-state index in [1.54, 1.807) is 6.07 Å². The van der Waals surface area contributed by atoms with Crippen LogP contribution in [0.15, 0.2) is 64.3 Å². The summed E-state index contributed by atoms with van der Waals surface area (Å²) in [7, 11) is 1.54. The minimum absolute atomic E-state index is 0.00575. The molecule has 0 aliphatic heterocycles. The van der Waals surface area contributed by atoms with Gasteiger partial charge in [-0.25, -0.2) is 18.1 Å². The van der Waals surface area contributed by atoms with Gasteiger partial charge in [0.1, 0.15) is 17.2 Å². The van der Waals surface area contributed by atoms with E-state index in [-0.39, 0.29) is 28.0 Å². The Morgan fingerprint density at radius 1 is 1.03 bits per heavy atom. The molecule has 0 aliphatic carbocycles. The molecule has 0 radical (unpaired) electrons. The van der Waals surface area contributed by atoms with Crippen LogP contribution in [0.1, 0.15) is 10.4 Å². The lowest BCUT2D eigenvalue weighted by molar-refractivity contribution is 0.102. The van der Waals surface area contributed by atoms with Gasteiger partial charge in [0.15, 0.2) is 0 Å². The molecule has 4 aromatic rings. The zero-order valence-corrected chi connectivity index (χ0v) is 15.1. The third-order valence-electron chi connectivity index (χ3n) is 4.47. The summed E-state index contributed by atoms with van der Waals surface area (Å²) in [6, 6.07) is 10.5. The Kier molecular flexibility index (Phi) is 4.34. The number of aromatic amines is 1. The van der Waals surface area contributed by atoms with Gasteiger partial charge in [0.05, 0.1) is 22.5 Å². The highest BCUT2D eigenvalue weighted by molar-refractivity contribution is 6.11. The molecule has 0 saturated heterocycles. The summed E-state index contributed by atoms with van der Waals surface area (Å²) in [5.74, 6) is -1.81. The molecule has 9 heteroatoms. The second kappa shape index (κ2) is 6.86. The van der Waals surface area contributed by atoms with Crippen molar-refractivity contribution >= 4 is 22.6 Å². The average Bonchev–Trinajstić information content (AvgIpc) is 3.01. The lowest BCUT2D eigenvalue weighted by Gasteiger charge is -2.07. The molecule has 2 aromatic carbocycles. The van der Waals surface area contributed by atoms with Crippen LogP contribution in [-0.4, -0.2) is 20.0 Å². The Morgan fingerprint density at radius 2 is 1.72 bits per heavy atom. The third kappa shape index (κ3) is 3.12. The average molecular weight is 396 g/mol. The Morgan fingerprint density at radius 3 is 2.41 bits per heavy atom. The summed E-state index contributed by atoms with van der Waals surface area (Å²) in [6.45, 7) is 0. The van der Waals surface area contributed by atoms with Gasteiger partial charge in [-0.15, -0.1) is 0 Å². The molecule has 0 unspecified atom stereocenters. The number of carbonyl (C=O) groups is 1. The van der Waals surface area contributed by atoms with E-state index in [9.17, 15) is 23.2 Å². The maximum absolute atomic E-state index is 13.8. The topological polar surface area (TPSA) is 88.9 Å². The Bertz CT molecular complexity index is 1370. The number of H-pyrrole nitrogens is 1. The monoisotopic (exact) mass is 396 g/mol. The van der Waals surface area contributed by atoms with E-state index in [0.717, 1.165) is 16.7 Å². The number of benzene rings is 2. The quantitative estimate of drug-likeness (QED) is 0.558. The molecule has 0 fully saturated rings. The van der Waals surface area contributed by atoms with Crippen molar-refractivity contribution in [3.05, 3.63) is 92.8 Å². The summed E-state index contributed by atoms with van der Waals surface area (Å²) in [5.41, 5.74) is -1.23. The molecule has 146 valence electrons. The van der Waals surface area contributed by atoms with E-state index in [1.165, 1.54) is 48.1 Å². The molecule has 2 N–H and O–H groups in total. The predicted octanol–water partition coefficient (Wildman–Crippen LogP) is 2.55. The van der Waals surface area contributed by atoms with Crippen molar-refractivity contribution in [3.8, 4) is 5.69 Å². The van der Waals surface area contributed by atoms with E-state index in [4.69, 9.17) is 0 Å². The van der Waals surface area contributed by atoms with Crippen molar-refractivity contribution in [1.82, 2.24) is 14.1 Å². The number of para-hydroxylation sites is 1. The van der Waals surface area contributed by atoms with Gasteiger partial charge in [-0.3, -0.25) is 9.59 Å². The van der Waals surface area contributed by atoms with Gasteiger partial charge in [-0.05, 0) is 36.4 Å². The SMILES string of the molecule is Cn1cc(C(=O)Nc2ccccc2F)c2[nH]c(=O)n(-c3ccc(F)cc3)c(=O)c21. The number of carbonyl (C=O) groups excluding carboxylic acids is 1. The van der Waals surface area contributed by atoms with Crippen LogP contribution in [-0.2, 0) is 7.05 Å². The number of hydrogen-bond donors (Lipinski definition) is 2. The number of fused-ring (bicyclic) bond motifs is 1. The van der Waals surface area contributed by atoms with Crippen LogP contribution >= 0.6 is 0 Å². The number of rotatable bonds is 3. The number of halogens is 2. The first-order valence-corrected chi connectivity index (χ1v) is 8.53. The zero-order valence-electron chi connectivity index (χ0n) is 15.1. The number of hydrogen-bond acceptors (Lipinski definition) is 3. The summed E-state index contributed by atoms with van der Waals surface area (Å²) in [6.07, 6.45) is 1.37. The summed E-state index contributed by atoms with van der Waals surface area (Å²) < 4.78 is 29.2. The second-order valence-corrected chi connectivity index (χ2v) is 6.36. The molecule has 4 rings (SSSR count). The maximum Gasteiger partial charge on any atom is 0.333 e. The molecular formula is C20H14F2N4O3. The van der Waals surface area contributed by atoms with Crippen LogP contribution < -0.4 is 16.6 Å². The fourth-order valence-corrected chi connectivity index (χ4v) is 3.12. The minimum Gasteiger partial charge on any atom is -0.344 e. The highest BCUT2D eigenvalue weighted by Crippen LogP contribution is 2.19. The van der Waals surface area contributed by atoms with Crippen LogP contribution in [0.3, 0.4) is 0 Å². The number of nitrogens with zero attached hydrogens (tertiary/aromatic N) is 2. The molecule has 7 nitrogen and oxygen atoms in total. The minimum atomic E-state index is -0.791. The first-order valence-electron chi connectivity index (χ1n) is 8.53. The van der Waals surface area contributed by atoms with Crippen LogP contribution in [0.2, 0.25) is 0 Å². The lowest BCUT2D eigenvalue weighted by Crippen LogP contribution is -2.34. The van der Waals surface area contributed by atoms with Crippen molar-refractivity contribution in [2.24, 2.45) is 7.05 Å². The van der Waals surface area contributed by atoms with Gasteiger partial charge in [0.2, 0.25) is 0 Å². The van der Waals surface area contributed by atoms with Crippen molar-refractivity contribution in [3.63, 3.8) is 0 Å². The van der Waals surface area contributed by atoms with Gasteiger partial charge in [0, 0.05) is 13.2 Å². The highest BCUT2D eigenvalue weighted by Gasteiger charge is 2.21. The molecule has 0 aliphatic rings. The zero-order chi connectivity index (χ0) is 20.7. The number of aryl methyl sites for hydroxylation is 1. The molecule has 29 heavy (non-hydrogen) atoms. The van der Waals surface area contributed by atoms with Gasteiger partial charge in [-0.2, -0.15) is 0 Å². The van der Waals surface area contributed by atoms with Gasteiger partial charge < -0.3 is 14.9 Å². The van der Waals surface area contributed by atoms with Crippen molar-refractivity contribution in [2.75, 3.05) is 5.32 Å². The fraction of sp³-hybridized carbons (Fsp3) is 0.0500. The van der Waals surface area contributed by atoms with Gasteiger partial charge in [0.25, 0.3) is 11.5 Å². The van der Waals surface area contributed by atoms with Crippen LogP contribution in [0.4, 0.5) is 14.5 Å². The first-order chi connectivity index (χ1) is 13.9. The first kappa shape index (κ1) is 18.4. The lowest BCUT2D eigenvalue weighted by atomic mass is 10.2. The van der Waals surface area contributed by atoms with E-state index in [2.05, 4.69) is 10.3 Å². The fourth-order valence-electron chi connectivity index (χ4n) is 3.12. The van der Waals surface area contributed by atoms with Gasteiger partial charge >= 0.3 is 5.69 Å². The molecule has 1 amide bonds. The molecular weight excluding hydrogens is 382 g/mol. The van der Waals surface area contributed by atoms with Crippen LogP contribution in [0.5, 0.6) is 0 Å². The summed E-state index contributed by atoms with van der Waals surface area (Å²) >= 11 is 0. The van der Waals surface area contributed by atoms with E-state index in [1.807, 2.05) is 0 Å². The number of nitrogens with one attached hydrogen (secondary N) is 2. The van der Waals surface area contributed by atoms with Crippen LogP contribution in [0, 0.1) is 11.6 Å². The van der Waals surface area contributed by atoms with Gasteiger partial charge in [-0.1, -0.05) is 12.1 Å². The third-order valence-corrected chi connectivity index (χ3v) is 4.47. The normalized spacial score (nSPS) is 11.0. The Balaban J connectivity index is 1.86. The van der Waals surface area contributed by atoms with E-state index >= 15 is 0 Å². The molecule has 2 aromatic heterocycles. The molecule has 0 saturated carbocycles. The standard InChI is InChI=1S/C20H14F2N4O3/c1-25-10-13(18(27)23-15-5-3-2-4-14(15)22)16-17(25)19(28)26(20(29)24-16)12-8-6-11(21)7-9-12/h2-10H,1H3,(H,23,27)(H,24,29). The second-order valence-electron chi connectivity index (χ2n) is 6.36. The predicted molar refractivity (Wildman–Crippen MR) is 103 cm³/mol. The van der Waals surface area contributed by atoms with E-state index < -0.39 is 28.8 Å². The van der Waals surface area contributed by atoms with Crippen molar-refractivity contribution < 1.29 is 13.6 Å². The molecule has 2 heterocycles. The number of anilines is 1. The smallest absolute Gasteiger partial charge is 0.333 e. The Labute approximate surface area is 161 Å². The van der Waals surface area contributed by atoms with Crippen molar-refractivity contribution in [2.45, 2.75) is 0 Å². The maximum atomic E-state index is 13.8. The number of amides is 1. The molecule has 0 spiro atoms. The van der Waals surface area contributed by atoms with Crippen LogP contribution in [0.25, 0.3) is 16.7 Å². The largest absolute Gasteiger partial charge is 0.344 e. The highest BCUT2D eigenvalue weighted by atomic mass is 19.1. The van der Waals surface area contributed by atoms with E-state index in [0.29, 0.717) is 0 Å². The molecule has 0 bridgehead atoms. The Hall–Kier alpha value is -4.01. The van der Waals surface area contributed by atoms with Crippen molar-refractivity contribution in [1.29, 1.82) is 0 Å².